The quantitative estimate of drug-likeness (QED) is 0.608. The molecule has 3 rings (SSSR count). The highest BCUT2D eigenvalue weighted by Gasteiger charge is 2.15. The number of ether oxygens (including phenoxy) is 1. The summed E-state index contributed by atoms with van der Waals surface area (Å²) in [6.07, 6.45) is 0. The second-order valence-electron chi connectivity index (χ2n) is 5.85. The maximum Gasteiger partial charge on any atom is 0.339 e. The molecule has 2 heteroatoms. The Labute approximate surface area is 142 Å². The van der Waals surface area contributed by atoms with E-state index in [-0.39, 0.29) is 12.6 Å². The summed E-state index contributed by atoms with van der Waals surface area (Å²) in [4.78, 5) is 12.6. The van der Waals surface area contributed by atoms with Gasteiger partial charge in [0.05, 0.1) is 5.56 Å². The standard InChI is InChI=1S/C22H20O2/c1-16-9-8-14-19(17(16)2)20-12-6-7-13-21(20)22(23)24-15-18-10-4-3-5-11-18/h3-14H,15H2,1-2H3. The molecule has 3 aromatic carbocycles. The average Bonchev–Trinajstić information content (AvgIpc) is 2.63. The molecule has 0 amide bonds. The number of aryl methyl sites for hydroxylation is 1. The zero-order valence-corrected chi connectivity index (χ0v) is 14.0. The van der Waals surface area contributed by atoms with Crippen LogP contribution >= 0.6 is 0 Å². The van der Waals surface area contributed by atoms with Gasteiger partial charge in [-0.05, 0) is 47.7 Å². The van der Waals surface area contributed by atoms with Crippen molar-refractivity contribution >= 4 is 5.97 Å². The summed E-state index contributed by atoms with van der Waals surface area (Å²) < 4.78 is 5.51. The third kappa shape index (κ3) is 3.38. The Hall–Kier alpha value is -2.87. The normalized spacial score (nSPS) is 10.4. The molecular formula is C22H20O2. The minimum Gasteiger partial charge on any atom is -0.457 e. The number of rotatable bonds is 4. The molecule has 0 saturated carbocycles. The molecule has 3 aromatic rings. The molecule has 2 nitrogen and oxygen atoms in total. The first-order valence-corrected chi connectivity index (χ1v) is 8.03. The van der Waals surface area contributed by atoms with Gasteiger partial charge in [0.1, 0.15) is 6.61 Å². The fourth-order valence-electron chi connectivity index (χ4n) is 2.74. The molecule has 0 unspecified atom stereocenters. The van der Waals surface area contributed by atoms with Crippen LogP contribution in [0.3, 0.4) is 0 Å². The van der Waals surface area contributed by atoms with Crippen molar-refractivity contribution in [2.24, 2.45) is 0 Å². The van der Waals surface area contributed by atoms with Gasteiger partial charge < -0.3 is 4.74 Å². The zero-order valence-electron chi connectivity index (χ0n) is 14.0. The predicted octanol–water partition coefficient (Wildman–Crippen LogP) is 5.33. The van der Waals surface area contributed by atoms with Crippen molar-refractivity contribution in [1.82, 2.24) is 0 Å². The SMILES string of the molecule is Cc1cccc(-c2ccccc2C(=O)OCc2ccccc2)c1C. The lowest BCUT2D eigenvalue weighted by Crippen LogP contribution is -2.07. The maximum absolute atomic E-state index is 12.6. The van der Waals surface area contributed by atoms with Crippen LogP contribution in [-0.4, -0.2) is 5.97 Å². The number of carbonyl (C=O) groups is 1. The number of hydrogen-bond acceptors (Lipinski definition) is 2. The molecule has 0 aromatic heterocycles. The van der Waals surface area contributed by atoms with Crippen LogP contribution in [0.2, 0.25) is 0 Å². The summed E-state index contributed by atoms with van der Waals surface area (Å²) in [6.45, 7) is 4.44. The van der Waals surface area contributed by atoms with Gasteiger partial charge in [0, 0.05) is 0 Å². The van der Waals surface area contributed by atoms with Crippen LogP contribution in [0, 0.1) is 13.8 Å². The molecule has 24 heavy (non-hydrogen) atoms. The maximum atomic E-state index is 12.6. The molecule has 0 N–H and O–H groups in total. The molecule has 0 spiro atoms. The lowest BCUT2D eigenvalue weighted by Gasteiger charge is -2.13. The van der Waals surface area contributed by atoms with Gasteiger partial charge in [0.15, 0.2) is 0 Å². The number of carbonyl (C=O) groups excluding carboxylic acids is 1. The first kappa shape index (κ1) is 16.0. The van der Waals surface area contributed by atoms with E-state index in [1.165, 1.54) is 11.1 Å². The van der Waals surface area contributed by atoms with Crippen LogP contribution in [0.25, 0.3) is 11.1 Å². The van der Waals surface area contributed by atoms with Gasteiger partial charge in [-0.1, -0.05) is 66.7 Å². The zero-order chi connectivity index (χ0) is 16.9. The fraction of sp³-hybridized carbons (Fsp3) is 0.136. The summed E-state index contributed by atoms with van der Waals surface area (Å²) in [7, 11) is 0. The summed E-state index contributed by atoms with van der Waals surface area (Å²) in [5, 5.41) is 0. The third-order valence-corrected chi connectivity index (χ3v) is 4.25. The first-order chi connectivity index (χ1) is 11.7. The van der Waals surface area contributed by atoms with Crippen LogP contribution in [0.5, 0.6) is 0 Å². The highest BCUT2D eigenvalue weighted by molar-refractivity contribution is 5.97. The van der Waals surface area contributed by atoms with E-state index >= 15 is 0 Å². The molecule has 120 valence electrons. The molecule has 0 atom stereocenters. The van der Waals surface area contributed by atoms with E-state index in [9.17, 15) is 4.79 Å². The topological polar surface area (TPSA) is 26.3 Å². The van der Waals surface area contributed by atoms with Gasteiger partial charge >= 0.3 is 5.97 Å². The highest BCUT2D eigenvalue weighted by atomic mass is 16.5. The minimum atomic E-state index is -0.296. The Morgan fingerprint density at radius 2 is 1.46 bits per heavy atom. The van der Waals surface area contributed by atoms with Crippen molar-refractivity contribution in [3.8, 4) is 11.1 Å². The first-order valence-electron chi connectivity index (χ1n) is 8.03. The van der Waals surface area contributed by atoms with Crippen molar-refractivity contribution in [2.45, 2.75) is 20.5 Å². The monoisotopic (exact) mass is 316 g/mol. The Balaban J connectivity index is 1.89. The molecule has 0 fully saturated rings. The van der Waals surface area contributed by atoms with Gasteiger partial charge in [-0.25, -0.2) is 4.79 Å². The summed E-state index contributed by atoms with van der Waals surface area (Å²) in [5.41, 5.74) is 5.96. The van der Waals surface area contributed by atoms with E-state index in [0.29, 0.717) is 5.56 Å². The number of hydrogen-bond donors (Lipinski definition) is 0. The van der Waals surface area contributed by atoms with Gasteiger partial charge in [0.25, 0.3) is 0 Å². The molecule has 0 saturated heterocycles. The van der Waals surface area contributed by atoms with Gasteiger partial charge in [-0.15, -0.1) is 0 Å². The largest absolute Gasteiger partial charge is 0.457 e. The fourth-order valence-corrected chi connectivity index (χ4v) is 2.74. The van der Waals surface area contributed by atoms with Crippen LogP contribution in [0.15, 0.2) is 72.8 Å². The second-order valence-corrected chi connectivity index (χ2v) is 5.85. The Morgan fingerprint density at radius 1 is 0.792 bits per heavy atom. The van der Waals surface area contributed by atoms with E-state index in [4.69, 9.17) is 4.74 Å². The molecule has 0 aliphatic carbocycles. The smallest absolute Gasteiger partial charge is 0.339 e. The van der Waals surface area contributed by atoms with E-state index in [2.05, 4.69) is 19.9 Å². The molecule has 0 aliphatic rings. The van der Waals surface area contributed by atoms with Crippen molar-refractivity contribution in [3.63, 3.8) is 0 Å². The number of benzene rings is 3. The van der Waals surface area contributed by atoms with E-state index in [1.54, 1.807) is 0 Å². The predicted molar refractivity (Wildman–Crippen MR) is 96.9 cm³/mol. The molecule has 0 bridgehead atoms. The third-order valence-electron chi connectivity index (χ3n) is 4.25. The average molecular weight is 316 g/mol. The second kappa shape index (κ2) is 7.14. The minimum absolute atomic E-state index is 0.279. The molecule has 0 heterocycles. The Morgan fingerprint density at radius 3 is 2.25 bits per heavy atom. The number of esters is 1. The van der Waals surface area contributed by atoms with Crippen molar-refractivity contribution in [2.75, 3.05) is 0 Å². The van der Waals surface area contributed by atoms with Gasteiger partial charge in [0.2, 0.25) is 0 Å². The van der Waals surface area contributed by atoms with Crippen molar-refractivity contribution < 1.29 is 9.53 Å². The summed E-state index contributed by atoms with van der Waals surface area (Å²) in [5.74, 6) is -0.296. The summed E-state index contributed by atoms with van der Waals surface area (Å²) >= 11 is 0. The van der Waals surface area contributed by atoms with Crippen molar-refractivity contribution in [1.29, 1.82) is 0 Å². The Bertz CT molecular complexity index is 851. The van der Waals surface area contributed by atoms with Crippen molar-refractivity contribution in [3.05, 3.63) is 95.1 Å². The lowest BCUT2D eigenvalue weighted by molar-refractivity contribution is 0.0473. The van der Waals surface area contributed by atoms with E-state index in [1.807, 2.05) is 66.7 Å². The van der Waals surface area contributed by atoms with Crippen LogP contribution < -0.4 is 0 Å². The van der Waals surface area contributed by atoms with Crippen LogP contribution in [0.4, 0.5) is 0 Å². The van der Waals surface area contributed by atoms with E-state index in [0.717, 1.165) is 16.7 Å². The van der Waals surface area contributed by atoms with Gasteiger partial charge in [-0.3, -0.25) is 0 Å². The molecule has 0 aliphatic heterocycles. The van der Waals surface area contributed by atoms with Crippen LogP contribution in [0.1, 0.15) is 27.0 Å². The Kier molecular flexibility index (Phi) is 4.76. The van der Waals surface area contributed by atoms with E-state index < -0.39 is 0 Å². The highest BCUT2D eigenvalue weighted by Crippen LogP contribution is 2.29. The molecule has 0 radical (unpaired) electrons. The lowest BCUT2D eigenvalue weighted by atomic mass is 9.93. The summed E-state index contributed by atoms with van der Waals surface area (Å²) in [6, 6.07) is 23.5. The molecular weight excluding hydrogens is 296 g/mol. The van der Waals surface area contributed by atoms with Gasteiger partial charge in [-0.2, -0.15) is 0 Å². The van der Waals surface area contributed by atoms with Crippen LogP contribution in [-0.2, 0) is 11.3 Å².